The molecule has 10 nitrogen and oxygen atoms in total. The van der Waals surface area contributed by atoms with Gasteiger partial charge in [-0.05, 0) is 91.8 Å². The maximum absolute atomic E-state index is 13.9. The van der Waals surface area contributed by atoms with Crippen molar-refractivity contribution in [3.05, 3.63) is 77.9 Å². The third kappa shape index (κ3) is 7.42. The molecule has 1 aliphatic heterocycles. The van der Waals surface area contributed by atoms with Crippen LogP contribution in [-0.2, 0) is 20.9 Å². The topological polar surface area (TPSA) is 107 Å². The van der Waals surface area contributed by atoms with E-state index < -0.39 is 12.0 Å². The first kappa shape index (κ1) is 31.3. The van der Waals surface area contributed by atoms with Gasteiger partial charge in [0, 0.05) is 12.2 Å². The molecule has 1 fully saturated rings. The molecule has 4 rings (SSSR count). The number of nitrogens with one attached hydrogen (secondary N) is 1. The van der Waals surface area contributed by atoms with E-state index in [9.17, 15) is 14.4 Å². The molecule has 226 valence electrons. The third-order valence-electron chi connectivity index (χ3n) is 6.75. The third-order valence-corrected chi connectivity index (χ3v) is 7.16. The van der Waals surface area contributed by atoms with E-state index in [1.807, 2.05) is 19.1 Å². The van der Waals surface area contributed by atoms with Gasteiger partial charge < -0.3 is 29.2 Å². The van der Waals surface area contributed by atoms with Crippen LogP contribution in [0, 0.1) is 0 Å². The van der Waals surface area contributed by atoms with Crippen LogP contribution in [0.25, 0.3) is 0 Å². The van der Waals surface area contributed by atoms with Crippen LogP contribution in [0.5, 0.6) is 17.2 Å². The molecule has 11 heteroatoms. The van der Waals surface area contributed by atoms with Crippen molar-refractivity contribution in [2.24, 2.45) is 0 Å². The highest BCUT2D eigenvalue weighted by molar-refractivity contribution is 7.80. The van der Waals surface area contributed by atoms with Crippen molar-refractivity contribution in [2.75, 3.05) is 37.7 Å². The highest BCUT2D eigenvalue weighted by Crippen LogP contribution is 2.32. The highest BCUT2D eigenvalue weighted by atomic mass is 32.1. The van der Waals surface area contributed by atoms with E-state index in [1.165, 1.54) is 4.90 Å². The molecule has 43 heavy (non-hydrogen) atoms. The number of ether oxygens (including phenoxy) is 4. The van der Waals surface area contributed by atoms with Crippen LogP contribution in [0.2, 0.25) is 0 Å². The standard InChI is InChI=1S/C32H35N3O7S/c1-5-17-42-25-14-10-23(11-15-25)33-29(36)19-26-30(37)35(24-12-8-22(9-13-24)31(38)41-6-2)32(43)34(26)20-21-7-16-27(39-3)28(18-21)40-4/h7-16,18,26H,5-6,17,19-20H2,1-4H3,(H,33,36). The van der Waals surface area contributed by atoms with Crippen molar-refractivity contribution < 1.29 is 33.3 Å². The Morgan fingerprint density at radius 3 is 2.26 bits per heavy atom. The van der Waals surface area contributed by atoms with Crippen molar-refractivity contribution >= 4 is 46.5 Å². The molecule has 1 heterocycles. The van der Waals surface area contributed by atoms with Crippen LogP contribution in [-0.4, -0.2) is 61.3 Å². The molecule has 1 aliphatic rings. The van der Waals surface area contributed by atoms with Crippen molar-refractivity contribution in [2.45, 2.75) is 39.3 Å². The van der Waals surface area contributed by atoms with Gasteiger partial charge in [0.25, 0.3) is 5.91 Å². The Kier molecular flexibility index (Phi) is 10.6. The summed E-state index contributed by atoms with van der Waals surface area (Å²) < 4.78 is 21.5. The smallest absolute Gasteiger partial charge is 0.338 e. The average molecular weight is 606 g/mol. The molecule has 3 aromatic rings. The van der Waals surface area contributed by atoms with E-state index >= 15 is 0 Å². The molecule has 1 saturated heterocycles. The molecule has 1 N–H and O–H groups in total. The monoisotopic (exact) mass is 605 g/mol. The zero-order valence-electron chi connectivity index (χ0n) is 24.6. The van der Waals surface area contributed by atoms with E-state index in [-0.39, 0.29) is 36.5 Å². The van der Waals surface area contributed by atoms with Crippen molar-refractivity contribution in [1.82, 2.24) is 4.90 Å². The fraction of sp³-hybridized carbons (Fsp3) is 0.312. The quantitative estimate of drug-likeness (QED) is 0.208. The summed E-state index contributed by atoms with van der Waals surface area (Å²) in [4.78, 5) is 42.3. The first-order valence-electron chi connectivity index (χ1n) is 13.9. The van der Waals surface area contributed by atoms with Gasteiger partial charge in [0.05, 0.1) is 45.1 Å². The Morgan fingerprint density at radius 2 is 1.63 bits per heavy atom. The second kappa shape index (κ2) is 14.5. The second-order valence-corrected chi connectivity index (χ2v) is 10.0. The number of methoxy groups -OCH3 is 2. The summed E-state index contributed by atoms with van der Waals surface area (Å²) in [6, 6.07) is 18.1. The molecule has 0 aromatic heterocycles. The largest absolute Gasteiger partial charge is 0.494 e. The van der Waals surface area contributed by atoms with Crippen molar-refractivity contribution in [1.29, 1.82) is 0 Å². The van der Waals surface area contributed by atoms with Gasteiger partial charge in [0.15, 0.2) is 16.6 Å². The Balaban J connectivity index is 1.58. The number of esters is 1. The van der Waals surface area contributed by atoms with Gasteiger partial charge in [-0.15, -0.1) is 0 Å². The molecule has 3 aromatic carbocycles. The Hall–Kier alpha value is -4.64. The van der Waals surface area contributed by atoms with E-state index in [4.69, 9.17) is 31.2 Å². The number of hydrogen-bond acceptors (Lipinski definition) is 8. The van der Waals surface area contributed by atoms with Crippen LogP contribution in [0.4, 0.5) is 11.4 Å². The van der Waals surface area contributed by atoms with Crippen molar-refractivity contribution in [3.63, 3.8) is 0 Å². The molecule has 0 spiro atoms. The summed E-state index contributed by atoms with van der Waals surface area (Å²) in [6.45, 7) is 4.85. The number of nitrogens with zero attached hydrogens (tertiary/aromatic N) is 2. The first-order valence-corrected chi connectivity index (χ1v) is 14.4. The fourth-order valence-corrected chi connectivity index (χ4v) is 5.02. The fourth-order valence-electron chi connectivity index (χ4n) is 4.63. The number of carbonyl (C=O) groups is 3. The minimum absolute atomic E-state index is 0.141. The number of benzene rings is 3. The van der Waals surface area contributed by atoms with Crippen molar-refractivity contribution in [3.8, 4) is 17.2 Å². The Bertz CT molecular complexity index is 1460. The maximum atomic E-state index is 13.9. The van der Waals surface area contributed by atoms with E-state index in [1.54, 1.807) is 80.6 Å². The molecule has 0 bridgehead atoms. The summed E-state index contributed by atoms with van der Waals surface area (Å²) in [6.07, 6.45) is 0.750. The lowest BCUT2D eigenvalue weighted by molar-refractivity contribution is -0.124. The average Bonchev–Trinajstić information content (AvgIpc) is 3.24. The number of thiocarbonyl (C=S) groups is 1. The number of amides is 2. The van der Waals surface area contributed by atoms with Gasteiger partial charge in [0.2, 0.25) is 5.91 Å². The Labute approximate surface area is 256 Å². The predicted molar refractivity (Wildman–Crippen MR) is 167 cm³/mol. The number of anilines is 2. The molecule has 2 amide bonds. The SMILES string of the molecule is CCCOc1ccc(NC(=O)CC2C(=O)N(c3ccc(C(=O)OCC)cc3)C(=S)N2Cc2ccc(OC)c(OC)c2)cc1. The molecular formula is C32H35N3O7S. The molecule has 0 aliphatic carbocycles. The summed E-state index contributed by atoms with van der Waals surface area (Å²) in [5.74, 6) is 0.647. The van der Waals surface area contributed by atoms with Gasteiger partial charge in [-0.1, -0.05) is 13.0 Å². The number of carbonyl (C=O) groups excluding carboxylic acids is 3. The van der Waals surface area contributed by atoms with E-state index in [0.717, 1.165) is 12.0 Å². The van der Waals surface area contributed by atoms with Crippen LogP contribution in [0.1, 0.15) is 42.6 Å². The lowest BCUT2D eigenvalue weighted by Gasteiger charge is -2.24. The molecular weight excluding hydrogens is 570 g/mol. The summed E-state index contributed by atoms with van der Waals surface area (Å²) in [7, 11) is 3.10. The van der Waals surface area contributed by atoms with Crippen LogP contribution in [0.3, 0.4) is 0 Å². The molecule has 0 radical (unpaired) electrons. The minimum Gasteiger partial charge on any atom is -0.494 e. The normalized spacial score (nSPS) is 14.5. The lowest BCUT2D eigenvalue weighted by atomic mass is 10.1. The summed E-state index contributed by atoms with van der Waals surface area (Å²) in [5, 5.41) is 3.10. The maximum Gasteiger partial charge on any atom is 0.338 e. The van der Waals surface area contributed by atoms with E-state index in [0.29, 0.717) is 40.8 Å². The van der Waals surface area contributed by atoms with Crippen LogP contribution >= 0.6 is 12.2 Å². The van der Waals surface area contributed by atoms with Gasteiger partial charge in [-0.2, -0.15) is 0 Å². The Morgan fingerprint density at radius 1 is 0.930 bits per heavy atom. The number of rotatable bonds is 13. The van der Waals surface area contributed by atoms with Gasteiger partial charge in [-0.3, -0.25) is 14.5 Å². The van der Waals surface area contributed by atoms with Gasteiger partial charge in [-0.25, -0.2) is 4.79 Å². The molecule has 0 saturated carbocycles. The van der Waals surface area contributed by atoms with E-state index in [2.05, 4.69) is 5.32 Å². The van der Waals surface area contributed by atoms with Crippen LogP contribution in [0.15, 0.2) is 66.7 Å². The zero-order valence-corrected chi connectivity index (χ0v) is 25.4. The minimum atomic E-state index is -0.877. The summed E-state index contributed by atoms with van der Waals surface area (Å²) >= 11 is 5.80. The lowest BCUT2D eigenvalue weighted by Crippen LogP contribution is -2.37. The number of hydrogen-bond donors (Lipinski definition) is 1. The predicted octanol–water partition coefficient (Wildman–Crippen LogP) is 5.20. The highest BCUT2D eigenvalue weighted by Gasteiger charge is 2.44. The zero-order chi connectivity index (χ0) is 30.9. The van der Waals surface area contributed by atoms with Gasteiger partial charge >= 0.3 is 5.97 Å². The first-order chi connectivity index (χ1) is 20.8. The second-order valence-electron chi connectivity index (χ2n) is 9.68. The van der Waals surface area contributed by atoms with Gasteiger partial charge in [0.1, 0.15) is 11.8 Å². The molecule has 1 unspecified atom stereocenters. The van der Waals surface area contributed by atoms with Crippen LogP contribution < -0.4 is 24.4 Å². The molecule has 1 atom stereocenters. The summed E-state index contributed by atoms with van der Waals surface area (Å²) in [5.41, 5.74) is 2.22.